The summed E-state index contributed by atoms with van der Waals surface area (Å²) in [6.45, 7) is 1.69. The Morgan fingerprint density at radius 2 is 2.12 bits per heavy atom. The van der Waals surface area contributed by atoms with Gasteiger partial charge < -0.3 is 0 Å². The SMILES string of the molecule is CCCS(=O)(=O)NC(=O)c1ccc(F)cc1Br. The lowest BCUT2D eigenvalue weighted by Crippen LogP contribution is -2.32. The molecule has 4 nitrogen and oxygen atoms in total. The summed E-state index contributed by atoms with van der Waals surface area (Å²) in [5.41, 5.74) is 0.0751. The predicted octanol–water partition coefficient (Wildman–Crippen LogP) is 2.06. The molecule has 1 N–H and O–H groups in total. The van der Waals surface area contributed by atoms with Crippen LogP contribution in [0, 0.1) is 5.82 Å². The molecule has 0 saturated heterocycles. The van der Waals surface area contributed by atoms with Crippen molar-refractivity contribution in [2.24, 2.45) is 0 Å². The molecule has 0 unspecified atom stereocenters. The largest absolute Gasteiger partial charge is 0.268 e. The fourth-order valence-electron chi connectivity index (χ4n) is 1.19. The second-order valence-corrected chi connectivity index (χ2v) is 6.07. The summed E-state index contributed by atoms with van der Waals surface area (Å²) < 4.78 is 37.7. The Labute approximate surface area is 107 Å². The molecule has 0 aliphatic heterocycles. The topological polar surface area (TPSA) is 63.2 Å². The number of rotatable bonds is 4. The van der Waals surface area contributed by atoms with E-state index in [-0.39, 0.29) is 15.8 Å². The van der Waals surface area contributed by atoms with E-state index in [2.05, 4.69) is 15.9 Å². The molecule has 1 amide bonds. The molecule has 0 aliphatic carbocycles. The third-order valence-corrected chi connectivity index (χ3v) is 4.00. The van der Waals surface area contributed by atoms with Crippen LogP contribution in [0.3, 0.4) is 0 Å². The van der Waals surface area contributed by atoms with Crippen molar-refractivity contribution in [2.75, 3.05) is 5.75 Å². The minimum atomic E-state index is -3.62. The number of hydrogen-bond donors (Lipinski definition) is 1. The first kappa shape index (κ1) is 14.1. The smallest absolute Gasteiger partial charge is 0.265 e. The van der Waals surface area contributed by atoms with Gasteiger partial charge in [-0.25, -0.2) is 17.5 Å². The quantitative estimate of drug-likeness (QED) is 0.922. The van der Waals surface area contributed by atoms with Crippen LogP contribution in [-0.4, -0.2) is 20.1 Å². The zero-order valence-corrected chi connectivity index (χ0v) is 11.4. The first-order chi connectivity index (χ1) is 7.85. The van der Waals surface area contributed by atoms with Gasteiger partial charge in [-0.3, -0.25) is 4.79 Å². The Morgan fingerprint density at radius 3 is 2.65 bits per heavy atom. The molecule has 0 fully saturated rings. The van der Waals surface area contributed by atoms with Gasteiger partial charge in [-0.05, 0) is 40.5 Å². The molecule has 0 saturated carbocycles. The summed E-state index contributed by atoms with van der Waals surface area (Å²) in [4.78, 5) is 11.6. The third-order valence-electron chi connectivity index (χ3n) is 1.90. The Morgan fingerprint density at radius 1 is 1.47 bits per heavy atom. The summed E-state index contributed by atoms with van der Waals surface area (Å²) in [5, 5.41) is 0. The van der Waals surface area contributed by atoms with Crippen molar-refractivity contribution in [1.82, 2.24) is 4.72 Å². The van der Waals surface area contributed by atoms with Crippen LogP contribution in [-0.2, 0) is 10.0 Å². The fourth-order valence-corrected chi connectivity index (χ4v) is 2.75. The highest BCUT2D eigenvalue weighted by molar-refractivity contribution is 9.10. The van der Waals surface area contributed by atoms with Gasteiger partial charge in [-0.2, -0.15) is 0 Å². The van der Waals surface area contributed by atoms with Crippen molar-refractivity contribution in [3.8, 4) is 0 Å². The van der Waals surface area contributed by atoms with Gasteiger partial charge in [0.2, 0.25) is 10.0 Å². The normalized spacial score (nSPS) is 11.2. The van der Waals surface area contributed by atoms with E-state index >= 15 is 0 Å². The van der Waals surface area contributed by atoms with Crippen LogP contribution in [0.2, 0.25) is 0 Å². The molecule has 0 atom stereocenters. The number of hydrogen-bond acceptors (Lipinski definition) is 3. The van der Waals surface area contributed by atoms with Crippen molar-refractivity contribution in [1.29, 1.82) is 0 Å². The maximum atomic E-state index is 12.8. The number of sulfonamides is 1. The van der Waals surface area contributed by atoms with Gasteiger partial charge in [0.15, 0.2) is 0 Å². The second-order valence-electron chi connectivity index (χ2n) is 3.37. The van der Waals surface area contributed by atoms with E-state index < -0.39 is 21.7 Å². The van der Waals surface area contributed by atoms with E-state index in [0.29, 0.717) is 6.42 Å². The van der Waals surface area contributed by atoms with Gasteiger partial charge in [0, 0.05) is 4.47 Å². The van der Waals surface area contributed by atoms with Crippen molar-refractivity contribution in [3.63, 3.8) is 0 Å². The lowest BCUT2D eigenvalue weighted by atomic mass is 10.2. The van der Waals surface area contributed by atoms with Crippen molar-refractivity contribution >= 4 is 31.9 Å². The molecule has 0 bridgehead atoms. The summed E-state index contributed by atoms with van der Waals surface area (Å²) >= 11 is 3.00. The molecule has 0 spiro atoms. The maximum Gasteiger partial charge on any atom is 0.265 e. The molecule has 7 heteroatoms. The molecule has 1 aromatic rings. The number of amides is 1. The first-order valence-electron chi connectivity index (χ1n) is 4.85. The predicted molar refractivity (Wildman–Crippen MR) is 65.6 cm³/mol. The third kappa shape index (κ3) is 4.08. The fraction of sp³-hybridized carbons (Fsp3) is 0.300. The van der Waals surface area contributed by atoms with Crippen LogP contribution < -0.4 is 4.72 Å². The van der Waals surface area contributed by atoms with Gasteiger partial charge in [-0.1, -0.05) is 6.92 Å². The molecular weight excluding hydrogens is 313 g/mol. The molecule has 0 radical (unpaired) electrons. The van der Waals surface area contributed by atoms with Crippen molar-refractivity contribution in [2.45, 2.75) is 13.3 Å². The molecule has 0 aliphatic rings. The maximum absolute atomic E-state index is 12.8. The van der Waals surface area contributed by atoms with Crippen LogP contribution in [0.4, 0.5) is 4.39 Å². The zero-order chi connectivity index (χ0) is 13.1. The Balaban J connectivity index is 2.91. The molecule has 17 heavy (non-hydrogen) atoms. The minimum Gasteiger partial charge on any atom is -0.268 e. The molecule has 94 valence electrons. The minimum absolute atomic E-state index is 0.0751. The van der Waals surface area contributed by atoms with E-state index in [1.165, 1.54) is 6.07 Å². The van der Waals surface area contributed by atoms with Crippen LogP contribution in [0.1, 0.15) is 23.7 Å². The summed E-state index contributed by atoms with van der Waals surface area (Å²) in [6.07, 6.45) is 0.410. The number of halogens is 2. The van der Waals surface area contributed by atoms with Crippen molar-refractivity contribution in [3.05, 3.63) is 34.1 Å². The second kappa shape index (κ2) is 5.59. The number of carbonyl (C=O) groups excluding carboxylic acids is 1. The molecule has 1 rings (SSSR count). The molecule has 0 aromatic heterocycles. The van der Waals surface area contributed by atoms with Crippen LogP contribution in [0.25, 0.3) is 0 Å². The summed E-state index contributed by atoms with van der Waals surface area (Å²) in [7, 11) is -3.62. The van der Waals surface area contributed by atoms with E-state index in [1.54, 1.807) is 6.92 Å². The molecular formula is C10H11BrFNO3S. The van der Waals surface area contributed by atoms with E-state index in [9.17, 15) is 17.6 Å². The Hall–Kier alpha value is -0.950. The highest BCUT2D eigenvalue weighted by Crippen LogP contribution is 2.18. The van der Waals surface area contributed by atoms with Crippen LogP contribution in [0.5, 0.6) is 0 Å². The van der Waals surface area contributed by atoms with Gasteiger partial charge in [0.1, 0.15) is 5.82 Å². The number of benzene rings is 1. The lowest BCUT2D eigenvalue weighted by Gasteiger charge is -2.07. The monoisotopic (exact) mass is 323 g/mol. The highest BCUT2D eigenvalue weighted by atomic mass is 79.9. The molecule has 0 heterocycles. The lowest BCUT2D eigenvalue weighted by molar-refractivity contribution is 0.0980. The van der Waals surface area contributed by atoms with Crippen LogP contribution in [0.15, 0.2) is 22.7 Å². The van der Waals surface area contributed by atoms with E-state index in [1.807, 2.05) is 4.72 Å². The first-order valence-corrected chi connectivity index (χ1v) is 7.30. The highest BCUT2D eigenvalue weighted by Gasteiger charge is 2.17. The standard InChI is InChI=1S/C10H11BrFNO3S/c1-2-5-17(15,16)13-10(14)8-4-3-7(12)6-9(8)11/h3-4,6H,2,5H2,1H3,(H,13,14). The van der Waals surface area contributed by atoms with Crippen LogP contribution >= 0.6 is 15.9 Å². The number of carbonyl (C=O) groups is 1. The summed E-state index contributed by atoms with van der Waals surface area (Å²) in [5.74, 6) is -1.41. The molecule has 1 aromatic carbocycles. The Bertz CT molecular complexity index is 530. The van der Waals surface area contributed by atoms with Gasteiger partial charge >= 0.3 is 0 Å². The average molecular weight is 324 g/mol. The zero-order valence-electron chi connectivity index (χ0n) is 9.04. The van der Waals surface area contributed by atoms with Crippen molar-refractivity contribution < 1.29 is 17.6 Å². The Kier molecular flexibility index (Phi) is 4.64. The number of nitrogens with one attached hydrogen (secondary N) is 1. The van der Waals surface area contributed by atoms with Gasteiger partial charge in [0.25, 0.3) is 5.91 Å². The summed E-state index contributed by atoms with van der Waals surface area (Å²) in [6, 6.07) is 3.41. The van der Waals surface area contributed by atoms with E-state index in [0.717, 1.165) is 12.1 Å². The van der Waals surface area contributed by atoms with Gasteiger partial charge in [-0.15, -0.1) is 0 Å². The van der Waals surface area contributed by atoms with E-state index in [4.69, 9.17) is 0 Å². The average Bonchev–Trinajstić information content (AvgIpc) is 2.15. The van der Waals surface area contributed by atoms with Gasteiger partial charge in [0.05, 0.1) is 11.3 Å².